The van der Waals surface area contributed by atoms with Gasteiger partial charge in [0.05, 0.1) is 17.0 Å². The number of nitro benzene ring substituents is 1. The van der Waals surface area contributed by atoms with Crippen molar-refractivity contribution >= 4 is 50.7 Å². The smallest absolute Gasteiger partial charge is 0.309 e. The van der Waals surface area contributed by atoms with Crippen molar-refractivity contribution in [1.82, 2.24) is 4.98 Å². The number of carbonyl (C=O) groups is 1. The zero-order chi connectivity index (χ0) is 15.4. The summed E-state index contributed by atoms with van der Waals surface area (Å²) >= 11 is 5.90. The topological polar surface area (TPSA) is 93.3 Å². The molecule has 0 saturated heterocycles. The van der Waals surface area contributed by atoms with Crippen LogP contribution in [0.5, 0.6) is 0 Å². The highest BCUT2D eigenvalue weighted by Crippen LogP contribution is 2.31. The quantitative estimate of drug-likeness (QED) is 0.460. The van der Waals surface area contributed by atoms with E-state index in [1.807, 2.05) is 0 Å². The number of nitro groups is 1. The van der Waals surface area contributed by atoms with E-state index in [9.17, 15) is 14.9 Å². The molecule has 0 bridgehead atoms. The molecule has 0 aliphatic heterocycles. The Morgan fingerprint density at radius 2 is 2.29 bits per heavy atom. The van der Waals surface area contributed by atoms with Gasteiger partial charge in [0, 0.05) is 27.2 Å². The van der Waals surface area contributed by atoms with Crippen molar-refractivity contribution in [2.45, 2.75) is 16.5 Å². The average Bonchev–Trinajstić information content (AvgIpc) is 2.83. The molecule has 110 valence electrons. The summed E-state index contributed by atoms with van der Waals surface area (Å²) in [5, 5.41) is 21.4. The van der Waals surface area contributed by atoms with Gasteiger partial charge >= 0.3 is 5.97 Å². The van der Waals surface area contributed by atoms with Crippen molar-refractivity contribution in [3.05, 3.63) is 49.4 Å². The minimum absolute atomic E-state index is 0.0548. The monoisotopic (exact) mass is 388 g/mol. The van der Waals surface area contributed by atoms with Gasteiger partial charge in [0.1, 0.15) is 4.34 Å². The van der Waals surface area contributed by atoms with Crippen molar-refractivity contribution in [3.8, 4) is 0 Å². The summed E-state index contributed by atoms with van der Waals surface area (Å²) in [6.07, 6.45) is -0.116. The third-order valence-electron chi connectivity index (χ3n) is 2.46. The van der Waals surface area contributed by atoms with Gasteiger partial charge in [-0.25, -0.2) is 4.98 Å². The number of carboxylic acid groups (broad SMARTS) is 1. The van der Waals surface area contributed by atoms with Crippen LogP contribution in [0.3, 0.4) is 0 Å². The van der Waals surface area contributed by atoms with E-state index in [4.69, 9.17) is 5.11 Å². The number of aromatic nitrogens is 1. The van der Waals surface area contributed by atoms with Gasteiger partial charge in [-0.15, -0.1) is 11.3 Å². The van der Waals surface area contributed by atoms with E-state index in [2.05, 4.69) is 20.9 Å². The molecule has 0 aliphatic rings. The molecule has 0 radical (unpaired) electrons. The number of nitrogens with zero attached hydrogens (tertiary/aromatic N) is 2. The first-order valence-corrected chi connectivity index (χ1v) is 8.33. The lowest BCUT2D eigenvalue weighted by Crippen LogP contribution is -1.99. The number of benzene rings is 1. The largest absolute Gasteiger partial charge is 0.481 e. The summed E-state index contributed by atoms with van der Waals surface area (Å²) in [5.41, 5.74) is 1.16. The van der Waals surface area contributed by atoms with E-state index in [0.717, 1.165) is 0 Å². The highest BCUT2D eigenvalue weighted by Gasteiger charge is 2.15. The Labute approximate surface area is 136 Å². The van der Waals surface area contributed by atoms with Crippen LogP contribution < -0.4 is 0 Å². The van der Waals surface area contributed by atoms with E-state index in [-0.39, 0.29) is 12.1 Å². The summed E-state index contributed by atoms with van der Waals surface area (Å²) in [5.74, 6) is -0.524. The Hall–Kier alpha value is -1.45. The predicted molar refractivity (Wildman–Crippen MR) is 83.8 cm³/mol. The molecule has 6 nitrogen and oxygen atoms in total. The molecule has 0 fully saturated rings. The maximum Gasteiger partial charge on any atom is 0.309 e. The molecule has 1 aromatic heterocycles. The zero-order valence-electron chi connectivity index (χ0n) is 10.5. The SMILES string of the molecule is O=C(O)Cc1csc(SCc2ccc(Br)cc2[N+](=O)[O-])n1. The van der Waals surface area contributed by atoms with Gasteiger partial charge in [-0.05, 0) is 6.07 Å². The summed E-state index contributed by atoms with van der Waals surface area (Å²) in [4.78, 5) is 25.4. The van der Waals surface area contributed by atoms with E-state index in [1.54, 1.807) is 17.5 Å². The molecule has 0 amide bonds. The lowest BCUT2D eigenvalue weighted by Gasteiger charge is -2.02. The fourth-order valence-electron chi connectivity index (χ4n) is 1.56. The number of hydrogen-bond donors (Lipinski definition) is 1. The minimum atomic E-state index is -0.930. The number of carboxylic acids is 1. The van der Waals surface area contributed by atoms with Crippen LogP contribution in [0.15, 0.2) is 32.4 Å². The van der Waals surface area contributed by atoms with Gasteiger partial charge < -0.3 is 5.11 Å². The molecule has 0 unspecified atom stereocenters. The lowest BCUT2D eigenvalue weighted by atomic mass is 10.2. The third kappa shape index (κ3) is 4.51. The van der Waals surface area contributed by atoms with Crippen LogP contribution in [0.1, 0.15) is 11.3 Å². The first kappa shape index (κ1) is 15.9. The van der Waals surface area contributed by atoms with Crippen LogP contribution in [-0.4, -0.2) is 21.0 Å². The third-order valence-corrected chi connectivity index (χ3v) is 5.07. The van der Waals surface area contributed by atoms with E-state index < -0.39 is 10.9 Å². The van der Waals surface area contributed by atoms with Gasteiger partial charge in [-0.1, -0.05) is 33.8 Å². The molecule has 0 spiro atoms. The van der Waals surface area contributed by atoms with Crippen molar-refractivity contribution in [2.75, 3.05) is 0 Å². The highest BCUT2D eigenvalue weighted by molar-refractivity contribution is 9.10. The van der Waals surface area contributed by atoms with Crippen LogP contribution in [-0.2, 0) is 17.0 Å². The molecule has 0 aliphatic carbocycles. The normalized spacial score (nSPS) is 10.5. The Morgan fingerprint density at radius 3 is 2.95 bits per heavy atom. The molecule has 9 heteroatoms. The number of thiazole rings is 1. The van der Waals surface area contributed by atoms with Crippen LogP contribution in [0.25, 0.3) is 0 Å². The number of halogens is 1. The maximum atomic E-state index is 11.0. The molecule has 1 aromatic carbocycles. The number of thioether (sulfide) groups is 1. The maximum absolute atomic E-state index is 11.0. The molecule has 2 aromatic rings. The number of rotatable bonds is 6. The lowest BCUT2D eigenvalue weighted by molar-refractivity contribution is -0.385. The van der Waals surface area contributed by atoms with Gasteiger partial charge in [0.25, 0.3) is 5.69 Å². The first-order valence-electron chi connectivity index (χ1n) is 5.67. The second-order valence-corrected chi connectivity index (χ2v) is 6.99. The molecular formula is C12H9BrN2O4S2. The standard InChI is InChI=1S/C12H9BrN2O4S2/c13-8-2-1-7(10(3-8)15(18)19)5-20-12-14-9(6-21-12)4-11(16)17/h1-3,6H,4-5H2,(H,16,17). The van der Waals surface area contributed by atoms with Crippen LogP contribution in [0.4, 0.5) is 5.69 Å². The van der Waals surface area contributed by atoms with Gasteiger partial charge in [-0.2, -0.15) is 0 Å². The van der Waals surface area contributed by atoms with E-state index in [0.29, 0.717) is 25.8 Å². The van der Waals surface area contributed by atoms with Gasteiger partial charge in [0.15, 0.2) is 0 Å². The molecule has 2 rings (SSSR count). The second-order valence-electron chi connectivity index (χ2n) is 3.99. The summed E-state index contributed by atoms with van der Waals surface area (Å²) in [7, 11) is 0. The van der Waals surface area contributed by atoms with Crippen LogP contribution in [0.2, 0.25) is 0 Å². The first-order chi connectivity index (χ1) is 9.95. The van der Waals surface area contributed by atoms with Gasteiger partial charge in [-0.3, -0.25) is 14.9 Å². The molecule has 1 heterocycles. The van der Waals surface area contributed by atoms with Crippen molar-refractivity contribution in [2.24, 2.45) is 0 Å². The van der Waals surface area contributed by atoms with Crippen LogP contribution >= 0.6 is 39.0 Å². The van der Waals surface area contributed by atoms with E-state index >= 15 is 0 Å². The fourth-order valence-corrected chi connectivity index (χ4v) is 3.75. The number of hydrogen-bond acceptors (Lipinski definition) is 6. The molecule has 1 N–H and O–H groups in total. The Balaban J connectivity index is 2.08. The minimum Gasteiger partial charge on any atom is -0.481 e. The average molecular weight is 389 g/mol. The van der Waals surface area contributed by atoms with Crippen LogP contribution in [0, 0.1) is 10.1 Å². The van der Waals surface area contributed by atoms with Crippen molar-refractivity contribution in [3.63, 3.8) is 0 Å². The summed E-state index contributed by atoms with van der Waals surface area (Å²) < 4.78 is 1.35. The Morgan fingerprint density at radius 1 is 1.52 bits per heavy atom. The summed E-state index contributed by atoms with van der Waals surface area (Å²) in [6, 6.07) is 4.91. The van der Waals surface area contributed by atoms with Crippen molar-refractivity contribution in [1.29, 1.82) is 0 Å². The molecule has 21 heavy (non-hydrogen) atoms. The predicted octanol–water partition coefficient (Wildman–Crippen LogP) is 3.73. The zero-order valence-corrected chi connectivity index (χ0v) is 13.7. The summed E-state index contributed by atoms with van der Waals surface area (Å²) in [6.45, 7) is 0. The van der Waals surface area contributed by atoms with Crippen molar-refractivity contribution < 1.29 is 14.8 Å². The Kier molecular flexibility index (Phi) is 5.32. The molecule has 0 atom stereocenters. The highest BCUT2D eigenvalue weighted by atomic mass is 79.9. The van der Waals surface area contributed by atoms with Gasteiger partial charge in [0.2, 0.25) is 0 Å². The Bertz CT molecular complexity index is 690. The molecular weight excluding hydrogens is 380 g/mol. The second kappa shape index (κ2) is 7.01. The van der Waals surface area contributed by atoms with E-state index in [1.165, 1.54) is 29.2 Å². The number of aliphatic carboxylic acids is 1. The fraction of sp³-hybridized carbons (Fsp3) is 0.167. The molecule has 0 saturated carbocycles.